The molecule has 2 rings (SSSR count). The van der Waals surface area contributed by atoms with E-state index < -0.39 is 0 Å². The predicted molar refractivity (Wildman–Crippen MR) is 100 cm³/mol. The van der Waals surface area contributed by atoms with Gasteiger partial charge in [0.15, 0.2) is 5.43 Å². The second-order valence-electron chi connectivity index (χ2n) is 6.29. The Morgan fingerprint density at radius 1 is 1.04 bits per heavy atom. The fourth-order valence-corrected chi connectivity index (χ4v) is 3.09. The van der Waals surface area contributed by atoms with Crippen molar-refractivity contribution < 1.29 is 0 Å². The van der Waals surface area contributed by atoms with Crippen LogP contribution < -0.4 is 10.9 Å². The molecule has 2 N–H and O–H groups in total. The van der Waals surface area contributed by atoms with Crippen molar-refractivity contribution in [3.63, 3.8) is 0 Å². The van der Waals surface area contributed by atoms with Crippen LogP contribution in [0.2, 0.25) is 5.02 Å². The molecule has 5 heteroatoms. The molecule has 0 aliphatic heterocycles. The summed E-state index contributed by atoms with van der Waals surface area (Å²) in [6, 6.07) is 1.60. The van der Waals surface area contributed by atoms with E-state index in [0.717, 1.165) is 18.5 Å². The van der Waals surface area contributed by atoms with Gasteiger partial charge in [0.2, 0.25) is 5.43 Å². The van der Waals surface area contributed by atoms with E-state index in [0.29, 0.717) is 22.5 Å². The zero-order valence-electron chi connectivity index (χ0n) is 14.6. The Hall–Kier alpha value is -1.81. The summed E-state index contributed by atoms with van der Waals surface area (Å²) >= 11 is 6.04. The molecule has 0 radical (unpaired) electrons. The number of aromatic amines is 2. The minimum atomic E-state index is -0.303. The first kappa shape index (κ1) is 18.5. The highest BCUT2D eigenvalue weighted by atomic mass is 35.5. The van der Waals surface area contributed by atoms with Crippen LogP contribution in [0.25, 0.3) is 11.1 Å². The van der Waals surface area contributed by atoms with Crippen LogP contribution in [0, 0.1) is 13.8 Å². The van der Waals surface area contributed by atoms with E-state index in [1.807, 2.05) is 0 Å². The molecule has 0 amide bonds. The maximum Gasteiger partial charge on any atom is 0.208 e. The van der Waals surface area contributed by atoms with Crippen LogP contribution in [0.3, 0.4) is 0 Å². The molecule has 2 heterocycles. The summed E-state index contributed by atoms with van der Waals surface area (Å²) in [6.07, 6.45) is 8.42. The molecule has 130 valence electrons. The van der Waals surface area contributed by atoms with Gasteiger partial charge in [0.25, 0.3) is 0 Å². The predicted octanol–water partition coefficient (Wildman–Crippen LogP) is 4.51. The Labute approximate surface area is 147 Å². The third kappa shape index (κ3) is 4.18. The summed E-state index contributed by atoms with van der Waals surface area (Å²) in [4.78, 5) is 31.1. The maximum absolute atomic E-state index is 12.5. The maximum atomic E-state index is 12.5. The molecule has 0 aromatic carbocycles. The van der Waals surface area contributed by atoms with Gasteiger partial charge in [0.1, 0.15) is 5.02 Å². The molecule has 0 spiro atoms. The van der Waals surface area contributed by atoms with Crippen LogP contribution in [0.5, 0.6) is 0 Å². The first-order valence-corrected chi connectivity index (χ1v) is 8.94. The zero-order chi connectivity index (χ0) is 17.7. The average Bonchev–Trinajstić information content (AvgIpc) is 2.54. The number of rotatable bonds is 7. The first-order valence-electron chi connectivity index (χ1n) is 8.56. The van der Waals surface area contributed by atoms with Crippen molar-refractivity contribution >= 4 is 11.6 Å². The Morgan fingerprint density at radius 3 is 2.42 bits per heavy atom. The van der Waals surface area contributed by atoms with Crippen molar-refractivity contribution in [3.05, 3.63) is 54.8 Å². The number of aromatic nitrogens is 2. The van der Waals surface area contributed by atoms with Gasteiger partial charge in [-0.05, 0) is 26.7 Å². The number of hydrogen-bond donors (Lipinski definition) is 2. The average molecular weight is 349 g/mol. The summed E-state index contributed by atoms with van der Waals surface area (Å²) in [7, 11) is 0. The molecule has 0 atom stereocenters. The number of nitrogens with one attached hydrogen (secondary N) is 2. The van der Waals surface area contributed by atoms with Gasteiger partial charge < -0.3 is 9.97 Å². The molecule has 0 saturated heterocycles. The second kappa shape index (κ2) is 8.34. The van der Waals surface area contributed by atoms with Gasteiger partial charge in [-0.25, -0.2) is 0 Å². The third-order valence-electron chi connectivity index (χ3n) is 4.30. The van der Waals surface area contributed by atoms with Crippen LogP contribution >= 0.6 is 11.6 Å². The van der Waals surface area contributed by atoms with Crippen LogP contribution in [0.4, 0.5) is 0 Å². The van der Waals surface area contributed by atoms with Crippen molar-refractivity contribution in [1.82, 2.24) is 9.97 Å². The Kier molecular flexibility index (Phi) is 6.44. The zero-order valence-corrected chi connectivity index (χ0v) is 15.3. The Bertz CT molecular complexity index is 821. The smallest absolute Gasteiger partial charge is 0.208 e. The Morgan fingerprint density at radius 2 is 1.75 bits per heavy atom. The van der Waals surface area contributed by atoms with Crippen molar-refractivity contribution in [2.45, 2.75) is 59.3 Å². The fourth-order valence-electron chi connectivity index (χ4n) is 2.95. The van der Waals surface area contributed by atoms with Gasteiger partial charge in [-0.1, -0.05) is 44.2 Å². The van der Waals surface area contributed by atoms with E-state index in [9.17, 15) is 9.59 Å². The SMILES string of the molecule is CCCCCCCc1cc(=O)c(-c2c(C)[nH]c(C)c(Cl)c2=O)c[nH]1. The number of unbranched alkanes of at least 4 members (excludes halogenated alkanes) is 4. The molecule has 2 aromatic rings. The summed E-state index contributed by atoms with van der Waals surface area (Å²) in [5, 5.41) is 0.134. The van der Waals surface area contributed by atoms with E-state index in [4.69, 9.17) is 11.6 Å². The lowest BCUT2D eigenvalue weighted by molar-refractivity contribution is 0.628. The molecule has 0 saturated carbocycles. The van der Waals surface area contributed by atoms with Crippen molar-refractivity contribution in [2.75, 3.05) is 0 Å². The number of H-pyrrole nitrogens is 2. The van der Waals surface area contributed by atoms with E-state index in [2.05, 4.69) is 16.9 Å². The molecule has 0 aliphatic rings. The van der Waals surface area contributed by atoms with Gasteiger partial charge in [-0.3, -0.25) is 9.59 Å². The molecule has 0 bridgehead atoms. The summed E-state index contributed by atoms with van der Waals surface area (Å²) in [5.41, 5.74) is 2.44. The molecule has 2 aromatic heterocycles. The highest BCUT2D eigenvalue weighted by molar-refractivity contribution is 6.31. The molecule has 0 fully saturated rings. The first-order chi connectivity index (χ1) is 11.5. The quantitative estimate of drug-likeness (QED) is 0.723. The van der Waals surface area contributed by atoms with Crippen LogP contribution in [-0.2, 0) is 6.42 Å². The highest BCUT2D eigenvalue weighted by Crippen LogP contribution is 2.19. The molecular formula is C19H25ClN2O2. The van der Waals surface area contributed by atoms with E-state index >= 15 is 0 Å². The summed E-state index contributed by atoms with van der Waals surface area (Å²) in [5.74, 6) is 0. The monoisotopic (exact) mass is 348 g/mol. The lowest BCUT2D eigenvalue weighted by atomic mass is 10.0. The van der Waals surface area contributed by atoms with Gasteiger partial charge in [0, 0.05) is 29.3 Å². The lowest BCUT2D eigenvalue weighted by Crippen LogP contribution is -2.17. The Balaban J connectivity index is 2.24. The standard InChI is InChI=1S/C19H25ClN2O2/c1-4-5-6-7-8-9-14-10-16(23)15(11-21-14)17-12(2)22-13(3)18(20)19(17)24/h10-11H,4-9H2,1-3H3,(H,21,23)(H,22,24). The summed E-state index contributed by atoms with van der Waals surface area (Å²) < 4.78 is 0. The van der Waals surface area contributed by atoms with Crippen molar-refractivity contribution in [2.24, 2.45) is 0 Å². The normalized spacial score (nSPS) is 11.0. The minimum absolute atomic E-state index is 0.134. The molecular weight excluding hydrogens is 324 g/mol. The van der Waals surface area contributed by atoms with Crippen LogP contribution in [0.1, 0.15) is 56.1 Å². The van der Waals surface area contributed by atoms with Crippen LogP contribution in [-0.4, -0.2) is 9.97 Å². The number of halogens is 1. The van der Waals surface area contributed by atoms with Crippen LogP contribution in [0.15, 0.2) is 21.9 Å². The number of pyridine rings is 2. The number of hydrogen-bond acceptors (Lipinski definition) is 2. The largest absolute Gasteiger partial charge is 0.364 e. The van der Waals surface area contributed by atoms with Gasteiger partial charge >= 0.3 is 0 Å². The molecule has 0 unspecified atom stereocenters. The van der Waals surface area contributed by atoms with Crippen molar-refractivity contribution in [3.8, 4) is 11.1 Å². The minimum Gasteiger partial charge on any atom is -0.364 e. The van der Waals surface area contributed by atoms with Gasteiger partial charge in [-0.15, -0.1) is 0 Å². The molecule has 0 aliphatic carbocycles. The van der Waals surface area contributed by atoms with E-state index in [1.165, 1.54) is 25.7 Å². The van der Waals surface area contributed by atoms with Crippen molar-refractivity contribution in [1.29, 1.82) is 0 Å². The van der Waals surface area contributed by atoms with Gasteiger partial charge in [0.05, 0.1) is 11.1 Å². The second-order valence-corrected chi connectivity index (χ2v) is 6.67. The molecule has 4 nitrogen and oxygen atoms in total. The van der Waals surface area contributed by atoms with Gasteiger partial charge in [-0.2, -0.15) is 0 Å². The highest BCUT2D eigenvalue weighted by Gasteiger charge is 2.15. The summed E-state index contributed by atoms with van der Waals surface area (Å²) in [6.45, 7) is 5.71. The molecule has 24 heavy (non-hydrogen) atoms. The fraction of sp³-hybridized carbons (Fsp3) is 0.474. The topological polar surface area (TPSA) is 65.7 Å². The third-order valence-corrected chi connectivity index (χ3v) is 4.75. The van der Waals surface area contributed by atoms with E-state index in [-0.39, 0.29) is 15.9 Å². The number of aryl methyl sites for hydroxylation is 3. The lowest BCUT2D eigenvalue weighted by Gasteiger charge is -2.09. The van der Waals surface area contributed by atoms with E-state index in [1.54, 1.807) is 26.1 Å².